The van der Waals surface area contributed by atoms with E-state index in [2.05, 4.69) is 5.32 Å². The normalized spacial score (nSPS) is 18.5. The van der Waals surface area contributed by atoms with Gasteiger partial charge in [-0.15, -0.1) is 0 Å². The van der Waals surface area contributed by atoms with Gasteiger partial charge >= 0.3 is 0 Å². The van der Waals surface area contributed by atoms with E-state index in [9.17, 15) is 14.4 Å². The van der Waals surface area contributed by atoms with Crippen LogP contribution in [-0.4, -0.2) is 53.7 Å². The van der Waals surface area contributed by atoms with E-state index >= 15 is 0 Å². The van der Waals surface area contributed by atoms with E-state index < -0.39 is 0 Å². The molecular formula is C20H27N3O3. The van der Waals surface area contributed by atoms with Crippen molar-refractivity contribution in [1.82, 2.24) is 9.80 Å². The van der Waals surface area contributed by atoms with E-state index in [0.29, 0.717) is 37.4 Å². The lowest BCUT2D eigenvalue weighted by molar-refractivity contribution is -0.138. The van der Waals surface area contributed by atoms with Crippen molar-refractivity contribution >= 4 is 23.4 Å². The summed E-state index contributed by atoms with van der Waals surface area (Å²) in [5, 5.41) is 2.69. The van der Waals surface area contributed by atoms with E-state index in [1.54, 1.807) is 29.2 Å². The van der Waals surface area contributed by atoms with Crippen LogP contribution in [0.2, 0.25) is 0 Å². The molecule has 2 aliphatic rings. The van der Waals surface area contributed by atoms with Crippen LogP contribution in [0, 0.1) is 5.92 Å². The van der Waals surface area contributed by atoms with Gasteiger partial charge in [0, 0.05) is 50.3 Å². The van der Waals surface area contributed by atoms with Crippen LogP contribution in [0.1, 0.15) is 49.4 Å². The molecule has 0 bridgehead atoms. The quantitative estimate of drug-likeness (QED) is 0.904. The molecule has 6 nitrogen and oxygen atoms in total. The van der Waals surface area contributed by atoms with Crippen LogP contribution < -0.4 is 5.32 Å². The lowest BCUT2D eigenvalue weighted by Crippen LogP contribution is -2.52. The average molecular weight is 357 g/mol. The molecule has 3 rings (SSSR count). The second-order valence-corrected chi connectivity index (χ2v) is 7.21. The van der Waals surface area contributed by atoms with Crippen molar-refractivity contribution in [2.45, 2.75) is 39.0 Å². The first-order valence-electron chi connectivity index (χ1n) is 9.50. The molecule has 1 heterocycles. The van der Waals surface area contributed by atoms with E-state index in [0.717, 1.165) is 25.7 Å². The van der Waals surface area contributed by atoms with Crippen LogP contribution in [0.3, 0.4) is 0 Å². The van der Waals surface area contributed by atoms with Gasteiger partial charge in [0.05, 0.1) is 0 Å². The first-order chi connectivity index (χ1) is 12.5. The minimum Gasteiger partial charge on any atom is -0.339 e. The topological polar surface area (TPSA) is 69.7 Å². The maximum absolute atomic E-state index is 12.6. The Bertz CT molecular complexity index is 657. The number of nitrogens with one attached hydrogen (secondary N) is 1. The third kappa shape index (κ3) is 4.42. The third-order valence-electron chi connectivity index (χ3n) is 5.29. The van der Waals surface area contributed by atoms with Gasteiger partial charge in [-0.3, -0.25) is 14.4 Å². The number of rotatable bonds is 3. The van der Waals surface area contributed by atoms with Gasteiger partial charge < -0.3 is 15.1 Å². The highest BCUT2D eigenvalue weighted by Gasteiger charge is 2.29. The van der Waals surface area contributed by atoms with Crippen LogP contribution in [0.25, 0.3) is 0 Å². The van der Waals surface area contributed by atoms with Crippen molar-refractivity contribution in [3.63, 3.8) is 0 Å². The standard InChI is InChI=1S/C20H27N3O3/c1-15(24)21-18-9-7-17(8-10-18)20(26)23-13-11-22(12-14-23)19(25)16-5-3-2-4-6-16/h7-10,16H,2-6,11-14H2,1H3,(H,21,24). The van der Waals surface area contributed by atoms with Crippen LogP contribution in [0.15, 0.2) is 24.3 Å². The van der Waals surface area contributed by atoms with Crippen LogP contribution >= 0.6 is 0 Å². The minimum absolute atomic E-state index is 0.0239. The largest absolute Gasteiger partial charge is 0.339 e. The van der Waals surface area contributed by atoms with Crippen LogP contribution in [0.4, 0.5) is 5.69 Å². The van der Waals surface area contributed by atoms with Gasteiger partial charge in [-0.05, 0) is 37.1 Å². The smallest absolute Gasteiger partial charge is 0.253 e. The SMILES string of the molecule is CC(=O)Nc1ccc(C(=O)N2CCN(C(=O)C3CCCCC3)CC2)cc1. The highest BCUT2D eigenvalue weighted by molar-refractivity contribution is 5.95. The van der Waals surface area contributed by atoms with E-state index in [1.165, 1.54) is 13.3 Å². The van der Waals surface area contributed by atoms with Gasteiger partial charge in [-0.25, -0.2) is 0 Å². The summed E-state index contributed by atoms with van der Waals surface area (Å²) in [7, 11) is 0. The molecule has 26 heavy (non-hydrogen) atoms. The van der Waals surface area contributed by atoms with E-state index in [1.807, 2.05) is 4.90 Å². The highest BCUT2D eigenvalue weighted by atomic mass is 16.2. The van der Waals surface area contributed by atoms with Crippen molar-refractivity contribution in [2.75, 3.05) is 31.5 Å². The number of anilines is 1. The molecule has 1 aromatic rings. The Balaban J connectivity index is 1.53. The summed E-state index contributed by atoms with van der Waals surface area (Å²) in [6, 6.07) is 6.93. The predicted octanol–water partition coefficient (Wildman–Crippen LogP) is 2.51. The van der Waals surface area contributed by atoms with Crippen molar-refractivity contribution in [3.8, 4) is 0 Å². The molecule has 1 aliphatic heterocycles. The fraction of sp³-hybridized carbons (Fsp3) is 0.550. The Morgan fingerprint density at radius 3 is 2.04 bits per heavy atom. The molecule has 140 valence electrons. The first-order valence-corrected chi connectivity index (χ1v) is 9.50. The van der Waals surface area contributed by atoms with Crippen LogP contribution in [-0.2, 0) is 9.59 Å². The summed E-state index contributed by atoms with van der Waals surface area (Å²) >= 11 is 0. The summed E-state index contributed by atoms with van der Waals surface area (Å²) in [5.74, 6) is 0.302. The molecule has 1 aliphatic carbocycles. The summed E-state index contributed by atoms with van der Waals surface area (Å²) in [5.41, 5.74) is 1.28. The molecule has 1 saturated heterocycles. The van der Waals surface area contributed by atoms with Crippen molar-refractivity contribution in [1.29, 1.82) is 0 Å². The predicted molar refractivity (Wildman–Crippen MR) is 99.8 cm³/mol. The Kier molecular flexibility index (Phi) is 5.91. The summed E-state index contributed by atoms with van der Waals surface area (Å²) in [4.78, 5) is 40.1. The molecule has 6 heteroatoms. The molecule has 0 spiro atoms. The lowest BCUT2D eigenvalue weighted by atomic mass is 9.88. The average Bonchev–Trinajstić information content (AvgIpc) is 2.68. The van der Waals surface area contributed by atoms with Crippen LogP contribution in [0.5, 0.6) is 0 Å². The number of nitrogens with zero attached hydrogens (tertiary/aromatic N) is 2. The number of hydrogen-bond donors (Lipinski definition) is 1. The minimum atomic E-state index is -0.136. The summed E-state index contributed by atoms with van der Waals surface area (Å²) in [6.45, 7) is 3.83. The zero-order chi connectivity index (χ0) is 18.5. The van der Waals surface area contributed by atoms with Crippen molar-refractivity contribution < 1.29 is 14.4 Å². The Morgan fingerprint density at radius 2 is 1.46 bits per heavy atom. The molecule has 0 unspecified atom stereocenters. The maximum atomic E-state index is 12.6. The summed E-state index contributed by atoms with van der Waals surface area (Å²) < 4.78 is 0. The van der Waals surface area contributed by atoms with E-state index in [-0.39, 0.29) is 23.6 Å². The molecule has 0 radical (unpaired) electrons. The Hall–Kier alpha value is -2.37. The van der Waals surface area contributed by atoms with Crippen molar-refractivity contribution in [2.24, 2.45) is 5.92 Å². The fourth-order valence-corrected chi connectivity index (χ4v) is 3.82. The zero-order valence-corrected chi connectivity index (χ0v) is 15.4. The highest BCUT2D eigenvalue weighted by Crippen LogP contribution is 2.26. The molecule has 0 atom stereocenters. The van der Waals surface area contributed by atoms with Gasteiger partial charge in [0.25, 0.3) is 5.91 Å². The number of hydrogen-bond acceptors (Lipinski definition) is 3. The first kappa shape index (κ1) is 18.4. The van der Waals surface area contributed by atoms with E-state index in [4.69, 9.17) is 0 Å². The molecule has 2 fully saturated rings. The molecular weight excluding hydrogens is 330 g/mol. The summed E-state index contributed by atoms with van der Waals surface area (Å²) in [6.07, 6.45) is 5.58. The Morgan fingerprint density at radius 1 is 0.885 bits per heavy atom. The van der Waals surface area contributed by atoms with Gasteiger partial charge in [-0.1, -0.05) is 19.3 Å². The third-order valence-corrected chi connectivity index (χ3v) is 5.29. The molecule has 1 aromatic carbocycles. The van der Waals surface area contributed by atoms with Gasteiger partial charge in [0.1, 0.15) is 0 Å². The Labute approximate surface area is 154 Å². The van der Waals surface area contributed by atoms with Gasteiger partial charge in [-0.2, -0.15) is 0 Å². The number of piperazine rings is 1. The van der Waals surface area contributed by atoms with Crippen molar-refractivity contribution in [3.05, 3.63) is 29.8 Å². The number of carbonyl (C=O) groups excluding carboxylic acids is 3. The lowest BCUT2D eigenvalue weighted by Gasteiger charge is -2.37. The fourth-order valence-electron chi connectivity index (χ4n) is 3.82. The number of benzene rings is 1. The number of carbonyl (C=O) groups is 3. The molecule has 1 N–H and O–H groups in total. The second-order valence-electron chi connectivity index (χ2n) is 7.21. The maximum Gasteiger partial charge on any atom is 0.253 e. The monoisotopic (exact) mass is 357 g/mol. The number of amides is 3. The molecule has 0 aromatic heterocycles. The zero-order valence-electron chi connectivity index (χ0n) is 15.4. The molecule has 3 amide bonds. The van der Waals surface area contributed by atoms with Gasteiger partial charge in [0.2, 0.25) is 11.8 Å². The second kappa shape index (κ2) is 8.34. The van der Waals surface area contributed by atoms with Gasteiger partial charge in [0.15, 0.2) is 0 Å². The molecule has 1 saturated carbocycles.